The second kappa shape index (κ2) is 6.53. The van der Waals surface area contributed by atoms with Crippen LogP contribution in [0.2, 0.25) is 0 Å². The van der Waals surface area contributed by atoms with E-state index in [1.807, 2.05) is 44.2 Å². The SMILES string of the molecule is Cc1ccc(OC(C)CNc2cnc(C#N)cn2)cc1. The van der Waals surface area contributed by atoms with Crippen LogP contribution >= 0.6 is 0 Å². The molecule has 0 aliphatic carbocycles. The molecule has 1 N–H and O–H groups in total. The molecule has 0 saturated heterocycles. The number of ether oxygens (including phenoxy) is 1. The summed E-state index contributed by atoms with van der Waals surface area (Å²) in [7, 11) is 0. The van der Waals surface area contributed by atoms with E-state index in [4.69, 9.17) is 10.00 Å². The van der Waals surface area contributed by atoms with Crippen molar-refractivity contribution < 1.29 is 4.74 Å². The molecule has 5 heteroatoms. The van der Waals surface area contributed by atoms with Crippen LogP contribution in [0.4, 0.5) is 5.82 Å². The molecule has 0 amide bonds. The summed E-state index contributed by atoms with van der Waals surface area (Å²) in [6.45, 7) is 4.62. The maximum Gasteiger partial charge on any atom is 0.158 e. The molecule has 20 heavy (non-hydrogen) atoms. The Hall–Kier alpha value is -2.61. The summed E-state index contributed by atoms with van der Waals surface area (Å²) in [5, 5.41) is 11.8. The van der Waals surface area contributed by atoms with E-state index in [-0.39, 0.29) is 6.10 Å². The van der Waals surface area contributed by atoms with Gasteiger partial charge in [-0.05, 0) is 26.0 Å². The molecule has 2 rings (SSSR count). The van der Waals surface area contributed by atoms with E-state index in [9.17, 15) is 0 Å². The summed E-state index contributed by atoms with van der Waals surface area (Å²) < 4.78 is 5.77. The highest BCUT2D eigenvalue weighted by Crippen LogP contribution is 2.13. The van der Waals surface area contributed by atoms with Crippen LogP contribution < -0.4 is 10.1 Å². The molecule has 1 unspecified atom stereocenters. The minimum Gasteiger partial charge on any atom is -0.489 e. The highest BCUT2D eigenvalue weighted by Gasteiger charge is 2.04. The van der Waals surface area contributed by atoms with Gasteiger partial charge in [-0.3, -0.25) is 0 Å². The van der Waals surface area contributed by atoms with Crippen molar-refractivity contribution in [1.29, 1.82) is 5.26 Å². The zero-order valence-corrected chi connectivity index (χ0v) is 11.5. The predicted molar refractivity (Wildman–Crippen MR) is 76.5 cm³/mol. The fraction of sp³-hybridized carbons (Fsp3) is 0.267. The Kier molecular flexibility index (Phi) is 4.51. The fourth-order valence-corrected chi connectivity index (χ4v) is 1.62. The van der Waals surface area contributed by atoms with Crippen molar-refractivity contribution in [2.45, 2.75) is 20.0 Å². The fourth-order valence-electron chi connectivity index (χ4n) is 1.62. The van der Waals surface area contributed by atoms with E-state index >= 15 is 0 Å². The van der Waals surface area contributed by atoms with Gasteiger partial charge in [-0.25, -0.2) is 9.97 Å². The molecule has 0 spiro atoms. The van der Waals surface area contributed by atoms with Crippen LogP contribution in [0.15, 0.2) is 36.7 Å². The Morgan fingerprint density at radius 3 is 2.60 bits per heavy atom. The van der Waals surface area contributed by atoms with Crippen LogP contribution in [-0.2, 0) is 0 Å². The van der Waals surface area contributed by atoms with Gasteiger partial charge in [-0.1, -0.05) is 17.7 Å². The number of nitrogens with one attached hydrogen (secondary N) is 1. The molecule has 1 heterocycles. The maximum absolute atomic E-state index is 8.64. The van der Waals surface area contributed by atoms with Gasteiger partial charge in [0.2, 0.25) is 0 Å². The summed E-state index contributed by atoms with van der Waals surface area (Å²) in [6.07, 6.45) is 2.97. The normalized spacial score (nSPS) is 11.4. The zero-order chi connectivity index (χ0) is 14.4. The summed E-state index contributed by atoms with van der Waals surface area (Å²) in [5.74, 6) is 1.47. The van der Waals surface area contributed by atoms with Crippen molar-refractivity contribution in [3.8, 4) is 11.8 Å². The summed E-state index contributed by atoms with van der Waals surface area (Å²) in [4.78, 5) is 8.03. The number of rotatable bonds is 5. The molecule has 0 saturated carbocycles. The lowest BCUT2D eigenvalue weighted by molar-refractivity contribution is 0.234. The largest absolute Gasteiger partial charge is 0.489 e. The molecule has 1 aromatic carbocycles. The van der Waals surface area contributed by atoms with Gasteiger partial charge in [0.1, 0.15) is 23.7 Å². The Balaban J connectivity index is 1.83. The van der Waals surface area contributed by atoms with Crippen LogP contribution in [0.1, 0.15) is 18.2 Å². The van der Waals surface area contributed by atoms with Crippen LogP contribution in [-0.4, -0.2) is 22.6 Å². The lowest BCUT2D eigenvalue weighted by Gasteiger charge is -2.15. The number of nitriles is 1. The average Bonchev–Trinajstić information content (AvgIpc) is 2.48. The zero-order valence-electron chi connectivity index (χ0n) is 11.5. The molecule has 2 aromatic rings. The van der Waals surface area contributed by atoms with Crippen molar-refractivity contribution in [3.63, 3.8) is 0 Å². The van der Waals surface area contributed by atoms with Gasteiger partial charge in [-0.15, -0.1) is 0 Å². The molecule has 0 bridgehead atoms. The van der Waals surface area contributed by atoms with Crippen molar-refractivity contribution in [1.82, 2.24) is 9.97 Å². The standard InChI is InChI=1S/C15H16N4O/c1-11-3-5-14(6-4-11)20-12(2)8-18-15-10-17-13(7-16)9-19-15/h3-6,9-10,12H,8H2,1-2H3,(H,18,19). The van der Waals surface area contributed by atoms with Gasteiger partial charge >= 0.3 is 0 Å². The Labute approximate surface area is 118 Å². The third kappa shape index (κ3) is 3.95. The summed E-state index contributed by atoms with van der Waals surface area (Å²) >= 11 is 0. The van der Waals surface area contributed by atoms with Gasteiger partial charge in [0.25, 0.3) is 0 Å². The molecule has 0 aliphatic heterocycles. The van der Waals surface area contributed by atoms with Gasteiger partial charge in [0.15, 0.2) is 5.69 Å². The minimum absolute atomic E-state index is 0.00449. The van der Waals surface area contributed by atoms with Crippen molar-refractivity contribution in [2.75, 3.05) is 11.9 Å². The van der Waals surface area contributed by atoms with Gasteiger partial charge in [-0.2, -0.15) is 5.26 Å². The molecular weight excluding hydrogens is 252 g/mol. The molecule has 1 atom stereocenters. The van der Waals surface area contributed by atoms with Crippen molar-refractivity contribution in [3.05, 3.63) is 47.9 Å². The molecule has 0 aliphatic rings. The quantitative estimate of drug-likeness (QED) is 0.902. The minimum atomic E-state index is -0.00449. The third-order valence-electron chi connectivity index (χ3n) is 2.70. The monoisotopic (exact) mass is 268 g/mol. The first-order valence-electron chi connectivity index (χ1n) is 6.36. The van der Waals surface area contributed by atoms with Crippen LogP contribution in [0.5, 0.6) is 5.75 Å². The van der Waals surface area contributed by atoms with E-state index in [0.717, 1.165) is 5.75 Å². The average molecular weight is 268 g/mol. The van der Waals surface area contributed by atoms with Crippen molar-refractivity contribution >= 4 is 5.82 Å². The first-order chi connectivity index (χ1) is 9.67. The first kappa shape index (κ1) is 13.8. The summed E-state index contributed by atoms with van der Waals surface area (Å²) in [6, 6.07) is 9.86. The van der Waals surface area contributed by atoms with Crippen LogP contribution in [0, 0.1) is 18.3 Å². The number of benzene rings is 1. The van der Waals surface area contributed by atoms with Gasteiger partial charge in [0, 0.05) is 0 Å². The highest BCUT2D eigenvalue weighted by molar-refractivity contribution is 5.33. The molecule has 0 radical (unpaired) electrons. The predicted octanol–water partition coefficient (Wildman–Crippen LogP) is 2.54. The van der Waals surface area contributed by atoms with Crippen LogP contribution in [0.25, 0.3) is 0 Å². The van der Waals surface area contributed by atoms with E-state index in [1.54, 1.807) is 0 Å². The smallest absolute Gasteiger partial charge is 0.158 e. The third-order valence-corrected chi connectivity index (χ3v) is 2.70. The number of nitrogens with zero attached hydrogens (tertiary/aromatic N) is 3. The Bertz CT molecular complexity index is 587. The van der Waals surface area contributed by atoms with Crippen LogP contribution in [0.3, 0.4) is 0 Å². The first-order valence-corrected chi connectivity index (χ1v) is 6.36. The lowest BCUT2D eigenvalue weighted by atomic mass is 10.2. The maximum atomic E-state index is 8.64. The number of hydrogen-bond donors (Lipinski definition) is 1. The molecule has 5 nitrogen and oxygen atoms in total. The molecule has 0 fully saturated rings. The van der Waals surface area contributed by atoms with Crippen molar-refractivity contribution in [2.24, 2.45) is 0 Å². The molecule has 1 aromatic heterocycles. The summed E-state index contributed by atoms with van der Waals surface area (Å²) in [5.41, 5.74) is 1.51. The highest BCUT2D eigenvalue weighted by atomic mass is 16.5. The second-order valence-electron chi connectivity index (χ2n) is 4.52. The molecule has 102 valence electrons. The number of anilines is 1. The van der Waals surface area contributed by atoms with E-state index < -0.39 is 0 Å². The number of aryl methyl sites for hydroxylation is 1. The number of hydrogen-bond acceptors (Lipinski definition) is 5. The van der Waals surface area contributed by atoms with Gasteiger partial charge in [0.05, 0.1) is 18.9 Å². The molecular formula is C15H16N4O. The topological polar surface area (TPSA) is 70.8 Å². The second-order valence-corrected chi connectivity index (χ2v) is 4.52. The Morgan fingerprint density at radius 2 is 2.00 bits per heavy atom. The van der Waals surface area contributed by atoms with Gasteiger partial charge < -0.3 is 10.1 Å². The van der Waals surface area contributed by atoms with E-state index in [2.05, 4.69) is 15.3 Å². The van der Waals surface area contributed by atoms with E-state index in [0.29, 0.717) is 18.1 Å². The Morgan fingerprint density at radius 1 is 1.25 bits per heavy atom. The van der Waals surface area contributed by atoms with E-state index in [1.165, 1.54) is 18.0 Å². The number of aromatic nitrogens is 2. The lowest BCUT2D eigenvalue weighted by Crippen LogP contribution is -2.23.